The Hall–Kier alpha value is -3.33. The molecule has 1 aromatic heterocycles. The van der Waals surface area contributed by atoms with Gasteiger partial charge in [-0.3, -0.25) is 4.79 Å². The van der Waals surface area contributed by atoms with Crippen LogP contribution in [0.15, 0.2) is 65.1 Å². The Bertz CT molecular complexity index is 1340. The van der Waals surface area contributed by atoms with Crippen LogP contribution in [0, 0.1) is 18.6 Å². The number of aryl methyl sites for hydroxylation is 2. The minimum Gasteiger partial charge on any atom is -0.441 e. The van der Waals surface area contributed by atoms with Gasteiger partial charge in [0.2, 0.25) is 0 Å². The molecule has 3 N–H and O–H groups in total. The maximum absolute atomic E-state index is 13.8. The molecular weight excluding hydrogens is 500 g/mol. The molecule has 2 atom stereocenters. The van der Waals surface area contributed by atoms with E-state index in [1.807, 2.05) is 12.1 Å². The molecule has 0 aliphatic carbocycles. The van der Waals surface area contributed by atoms with Gasteiger partial charge < -0.3 is 20.2 Å². The van der Waals surface area contributed by atoms with Crippen molar-refractivity contribution in [3.63, 3.8) is 0 Å². The van der Waals surface area contributed by atoms with E-state index < -0.39 is 29.7 Å². The largest absolute Gasteiger partial charge is 0.441 e. The number of benzene rings is 3. The fraction of sp³-hybridized carbons (Fsp3) is 0.286. The first-order valence-corrected chi connectivity index (χ1v) is 11.9. The maximum Gasteiger partial charge on any atom is 0.251 e. The minimum absolute atomic E-state index is 0. The van der Waals surface area contributed by atoms with Gasteiger partial charge in [0.05, 0.1) is 12.1 Å². The highest BCUT2D eigenvalue weighted by Gasteiger charge is 2.23. The molecule has 4 rings (SSSR count). The zero-order chi connectivity index (χ0) is 25.7. The number of carbonyl (C=O) groups excluding carboxylic acids is 1. The highest BCUT2D eigenvalue weighted by molar-refractivity contribution is 5.97. The smallest absolute Gasteiger partial charge is 0.251 e. The van der Waals surface area contributed by atoms with E-state index in [4.69, 9.17) is 4.42 Å². The van der Waals surface area contributed by atoms with Gasteiger partial charge in [-0.25, -0.2) is 13.8 Å². The number of oxazole rings is 1. The number of aromatic nitrogens is 1. The van der Waals surface area contributed by atoms with Crippen LogP contribution in [0.1, 0.15) is 39.9 Å². The fourth-order valence-electron chi connectivity index (χ4n) is 4.16. The maximum atomic E-state index is 13.8. The Morgan fingerprint density at radius 3 is 2.49 bits per heavy atom. The van der Waals surface area contributed by atoms with Crippen molar-refractivity contribution in [3.05, 3.63) is 100 Å². The summed E-state index contributed by atoms with van der Waals surface area (Å²) in [5, 5.41) is 17.0. The van der Waals surface area contributed by atoms with Crippen LogP contribution in [0.4, 0.5) is 8.78 Å². The summed E-state index contributed by atoms with van der Waals surface area (Å²) in [5.41, 5.74) is 4.05. The number of nitrogens with one attached hydrogen (secondary N) is 2. The Morgan fingerprint density at radius 2 is 1.76 bits per heavy atom. The number of aliphatic hydroxyl groups is 1. The summed E-state index contributed by atoms with van der Waals surface area (Å²) in [6.45, 7) is 4.50. The molecule has 0 spiro atoms. The number of amides is 1. The van der Waals surface area contributed by atoms with Crippen LogP contribution in [-0.4, -0.2) is 34.7 Å². The first kappa shape index (κ1) is 28.2. The number of rotatable bonds is 10. The summed E-state index contributed by atoms with van der Waals surface area (Å²) < 4.78 is 33.1. The lowest BCUT2D eigenvalue weighted by Crippen LogP contribution is -2.48. The van der Waals surface area contributed by atoms with E-state index in [0.717, 1.165) is 18.1 Å². The SMILES string of the molecule is CCc1cccc(CNC[C@H](O)[C@H](Cc2cc(F)cc(F)c2)NC(=O)c2ccc3nc(C)oc3c2)c1.Cl. The van der Waals surface area contributed by atoms with E-state index in [1.54, 1.807) is 25.1 Å². The second kappa shape index (κ2) is 12.8. The van der Waals surface area contributed by atoms with Crippen molar-refractivity contribution in [1.29, 1.82) is 0 Å². The highest BCUT2D eigenvalue weighted by atomic mass is 35.5. The van der Waals surface area contributed by atoms with Crippen LogP contribution in [0.3, 0.4) is 0 Å². The minimum atomic E-state index is -1.02. The van der Waals surface area contributed by atoms with Crippen molar-refractivity contribution in [2.75, 3.05) is 6.54 Å². The highest BCUT2D eigenvalue weighted by Crippen LogP contribution is 2.18. The molecule has 0 aliphatic heterocycles. The molecule has 0 saturated heterocycles. The standard InChI is InChI=1S/C28H29F2N3O3.ClH/c1-3-18-5-4-6-19(9-18)15-31-16-26(34)25(12-20-10-22(29)14-23(30)11-20)33-28(35)21-7-8-24-27(13-21)36-17(2)32-24;/h4-11,13-14,25-26,31,34H,3,12,15-16H2,1-2H3,(H,33,35);1H/t25-,26-;/m0./s1. The lowest BCUT2D eigenvalue weighted by Gasteiger charge is -2.25. The molecule has 0 aliphatic rings. The average Bonchev–Trinajstić information content (AvgIpc) is 3.22. The van der Waals surface area contributed by atoms with Crippen molar-refractivity contribution in [1.82, 2.24) is 15.6 Å². The molecule has 1 heterocycles. The monoisotopic (exact) mass is 529 g/mol. The fourth-order valence-corrected chi connectivity index (χ4v) is 4.16. The number of hydrogen-bond acceptors (Lipinski definition) is 5. The van der Waals surface area contributed by atoms with Gasteiger partial charge in [-0.1, -0.05) is 31.2 Å². The number of halogens is 3. The average molecular weight is 530 g/mol. The Kier molecular flexibility index (Phi) is 9.74. The second-order valence-corrected chi connectivity index (χ2v) is 8.85. The van der Waals surface area contributed by atoms with Crippen molar-refractivity contribution in [2.45, 2.75) is 45.4 Å². The van der Waals surface area contributed by atoms with Gasteiger partial charge in [0.1, 0.15) is 17.2 Å². The number of carbonyl (C=O) groups is 1. The van der Waals surface area contributed by atoms with E-state index in [9.17, 15) is 18.7 Å². The van der Waals surface area contributed by atoms with E-state index in [0.29, 0.717) is 34.7 Å². The summed E-state index contributed by atoms with van der Waals surface area (Å²) in [7, 11) is 0. The molecule has 37 heavy (non-hydrogen) atoms. The number of nitrogens with zero attached hydrogens (tertiary/aromatic N) is 1. The number of fused-ring (bicyclic) bond motifs is 1. The van der Waals surface area contributed by atoms with Crippen molar-refractivity contribution >= 4 is 29.4 Å². The molecule has 9 heteroatoms. The molecule has 0 unspecified atom stereocenters. The summed E-state index contributed by atoms with van der Waals surface area (Å²) in [4.78, 5) is 17.3. The third kappa shape index (κ3) is 7.58. The Labute approximate surface area is 220 Å². The van der Waals surface area contributed by atoms with Crippen molar-refractivity contribution in [2.24, 2.45) is 0 Å². The van der Waals surface area contributed by atoms with Crippen molar-refractivity contribution in [3.8, 4) is 0 Å². The summed E-state index contributed by atoms with van der Waals surface area (Å²) in [5.74, 6) is -1.39. The molecule has 4 aromatic rings. The molecule has 3 aromatic carbocycles. The normalized spacial score (nSPS) is 12.7. The predicted octanol–water partition coefficient (Wildman–Crippen LogP) is 4.89. The van der Waals surface area contributed by atoms with E-state index in [2.05, 4.69) is 34.7 Å². The Balaban J connectivity index is 0.00000380. The summed E-state index contributed by atoms with van der Waals surface area (Å²) in [6.07, 6.45) is -0.0576. The molecule has 0 fully saturated rings. The van der Waals surface area contributed by atoms with Gasteiger partial charge in [-0.15, -0.1) is 12.4 Å². The topological polar surface area (TPSA) is 87.4 Å². The molecular formula is C28H30ClF2N3O3. The van der Waals surface area contributed by atoms with Crippen molar-refractivity contribution < 1.29 is 23.1 Å². The van der Waals surface area contributed by atoms with Crippen LogP contribution >= 0.6 is 12.4 Å². The van der Waals surface area contributed by atoms with Gasteiger partial charge in [0.15, 0.2) is 11.5 Å². The zero-order valence-electron chi connectivity index (χ0n) is 20.6. The van der Waals surface area contributed by atoms with Gasteiger partial charge in [0, 0.05) is 31.6 Å². The van der Waals surface area contributed by atoms with Crippen LogP contribution in [-0.2, 0) is 19.4 Å². The summed E-state index contributed by atoms with van der Waals surface area (Å²) >= 11 is 0. The number of hydrogen-bond donors (Lipinski definition) is 3. The van der Waals surface area contributed by atoms with Crippen LogP contribution < -0.4 is 10.6 Å². The molecule has 6 nitrogen and oxygen atoms in total. The quantitative estimate of drug-likeness (QED) is 0.272. The molecule has 1 amide bonds. The molecule has 0 saturated carbocycles. The molecule has 196 valence electrons. The lowest BCUT2D eigenvalue weighted by atomic mass is 10.00. The molecule has 0 radical (unpaired) electrons. The zero-order valence-corrected chi connectivity index (χ0v) is 21.4. The van der Waals surface area contributed by atoms with Crippen LogP contribution in [0.2, 0.25) is 0 Å². The predicted molar refractivity (Wildman–Crippen MR) is 141 cm³/mol. The van der Waals surface area contributed by atoms with Gasteiger partial charge in [0.25, 0.3) is 5.91 Å². The van der Waals surface area contributed by atoms with Gasteiger partial charge >= 0.3 is 0 Å². The third-order valence-corrected chi connectivity index (χ3v) is 6.00. The van der Waals surface area contributed by atoms with E-state index >= 15 is 0 Å². The second-order valence-electron chi connectivity index (χ2n) is 8.85. The Morgan fingerprint density at radius 1 is 1.03 bits per heavy atom. The first-order chi connectivity index (χ1) is 17.3. The lowest BCUT2D eigenvalue weighted by molar-refractivity contribution is 0.0830. The third-order valence-electron chi connectivity index (χ3n) is 6.00. The first-order valence-electron chi connectivity index (χ1n) is 11.9. The van der Waals surface area contributed by atoms with E-state index in [-0.39, 0.29) is 25.4 Å². The van der Waals surface area contributed by atoms with Crippen LogP contribution in [0.5, 0.6) is 0 Å². The van der Waals surface area contributed by atoms with Gasteiger partial charge in [-0.05, 0) is 59.9 Å². The van der Waals surface area contributed by atoms with Gasteiger partial charge in [-0.2, -0.15) is 0 Å². The molecule has 0 bridgehead atoms. The van der Waals surface area contributed by atoms with Crippen LogP contribution in [0.25, 0.3) is 11.1 Å². The number of aliphatic hydroxyl groups excluding tert-OH is 1. The van der Waals surface area contributed by atoms with E-state index in [1.165, 1.54) is 17.7 Å². The summed E-state index contributed by atoms with van der Waals surface area (Å²) in [6, 6.07) is 15.4.